The van der Waals surface area contributed by atoms with Gasteiger partial charge in [-0.3, -0.25) is 4.79 Å². The molecule has 2 atom stereocenters. The minimum absolute atomic E-state index is 0.139. The van der Waals surface area contributed by atoms with Gasteiger partial charge < -0.3 is 5.11 Å². The molecule has 0 aliphatic heterocycles. The van der Waals surface area contributed by atoms with Gasteiger partial charge in [-0.25, -0.2) is 9.97 Å². The van der Waals surface area contributed by atoms with Crippen LogP contribution < -0.4 is 0 Å². The fraction of sp³-hybridized carbons (Fsp3) is 0.444. The first-order valence-corrected chi connectivity index (χ1v) is 4.24. The average molecular weight is 178 g/mol. The van der Waals surface area contributed by atoms with Crippen LogP contribution in [0.25, 0.3) is 0 Å². The molecule has 1 aliphatic carbocycles. The number of hydrogen-bond donors (Lipinski definition) is 1. The van der Waals surface area contributed by atoms with Crippen LogP contribution in [0, 0.1) is 11.8 Å². The SMILES string of the molecule is O=C(O)[C@@H]1C[C@H]1Cc1cncnc1. The van der Waals surface area contributed by atoms with Crippen molar-refractivity contribution in [2.24, 2.45) is 11.8 Å². The highest BCUT2D eigenvalue weighted by Gasteiger charge is 2.42. The van der Waals surface area contributed by atoms with Gasteiger partial charge in [0.05, 0.1) is 5.92 Å². The molecule has 1 heterocycles. The first-order valence-electron chi connectivity index (χ1n) is 4.24. The molecule has 13 heavy (non-hydrogen) atoms. The zero-order valence-corrected chi connectivity index (χ0v) is 7.05. The van der Waals surface area contributed by atoms with Crippen LogP contribution >= 0.6 is 0 Å². The number of carbonyl (C=O) groups is 1. The molecule has 1 aromatic heterocycles. The quantitative estimate of drug-likeness (QED) is 0.741. The van der Waals surface area contributed by atoms with E-state index in [2.05, 4.69) is 9.97 Å². The van der Waals surface area contributed by atoms with Gasteiger partial charge in [0.25, 0.3) is 0 Å². The third-order valence-corrected chi connectivity index (χ3v) is 2.35. The van der Waals surface area contributed by atoms with E-state index in [1.807, 2.05) is 0 Å². The molecule has 1 aromatic rings. The average Bonchev–Trinajstić information content (AvgIpc) is 2.86. The van der Waals surface area contributed by atoms with Crippen LogP contribution in [0.15, 0.2) is 18.7 Å². The van der Waals surface area contributed by atoms with Gasteiger partial charge in [-0.05, 0) is 24.3 Å². The van der Waals surface area contributed by atoms with Crippen LogP contribution in [0.1, 0.15) is 12.0 Å². The van der Waals surface area contributed by atoms with E-state index in [-0.39, 0.29) is 5.92 Å². The van der Waals surface area contributed by atoms with E-state index in [0.29, 0.717) is 5.92 Å². The molecular formula is C9H10N2O2. The predicted octanol–water partition coefficient (Wildman–Crippen LogP) is 0.740. The number of hydrogen-bond acceptors (Lipinski definition) is 3. The summed E-state index contributed by atoms with van der Waals surface area (Å²) < 4.78 is 0. The first-order chi connectivity index (χ1) is 6.27. The maximum absolute atomic E-state index is 10.5. The van der Waals surface area contributed by atoms with E-state index < -0.39 is 5.97 Å². The maximum Gasteiger partial charge on any atom is 0.306 e. The molecule has 1 saturated carbocycles. The number of nitrogens with zero attached hydrogens (tertiary/aromatic N) is 2. The van der Waals surface area contributed by atoms with Crippen molar-refractivity contribution in [1.29, 1.82) is 0 Å². The topological polar surface area (TPSA) is 63.1 Å². The van der Waals surface area contributed by atoms with Gasteiger partial charge in [0.1, 0.15) is 6.33 Å². The molecule has 1 fully saturated rings. The Hall–Kier alpha value is -1.45. The predicted molar refractivity (Wildman–Crippen MR) is 45.0 cm³/mol. The minimum atomic E-state index is -0.679. The van der Waals surface area contributed by atoms with Gasteiger partial charge in [0, 0.05) is 12.4 Å². The molecule has 0 saturated heterocycles. The van der Waals surface area contributed by atoms with Crippen molar-refractivity contribution in [2.45, 2.75) is 12.8 Å². The molecule has 0 amide bonds. The van der Waals surface area contributed by atoms with Crippen molar-refractivity contribution >= 4 is 5.97 Å². The fourth-order valence-corrected chi connectivity index (χ4v) is 1.51. The molecule has 0 unspecified atom stereocenters. The van der Waals surface area contributed by atoms with Crippen LogP contribution in [0.4, 0.5) is 0 Å². The minimum Gasteiger partial charge on any atom is -0.481 e. The van der Waals surface area contributed by atoms with Gasteiger partial charge in [-0.1, -0.05) is 0 Å². The van der Waals surface area contributed by atoms with Crippen LogP contribution in [0.3, 0.4) is 0 Å². The molecule has 1 N–H and O–H groups in total. The molecule has 4 nitrogen and oxygen atoms in total. The largest absolute Gasteiger partial charge is 0.481 e. The molecule has 4 heteroatoms. The highest BCUT2D eigenvalue weighted by atomic mass is 16.4. The highest BCUT2D eigenvalue weighted by Crippen LogP contribution is 2.40. The van der Waals surface area contributed by atoms with E-state index in [1.54, 1.807) is 12.4 Å². The van der Waals surface area contributed by atoms with Crippen molar-refractivity contribution < 1.29 is 9.90 Å². The fourth-order valence-electron chi connectivity index (χ4n) is 1.51. The van der Waals surface area contributed by atoms with Crippen molar-refractivity contribution in [3.63, 3.8) is 0 Å². The number of carboxylic acids is 1. The van der Waals surface area contributed by atoms with Crippen molar-refractivity contribution in [1.82, 2.24) is 9.97 Å². The van der Waals surface area contributed by atoms with Crippen molar-refractivity contribution in [3.8, 4) is 0 Å². The number of carboxylic acid groups (broad SMARTS) is 1. The van der Waals surface area contributed by atoms with Crippen molar-refractivity contribution in [3.05, 3.63) is 24.3 Å². The highest BCUT2D eigenvalue weighted by molar-refractivity contribution is 5.73. The zero-order valence-electron chi connectivity index (χ0n) is 7.05. The van der Waals surface area contributed by atoms with E-state index in [0.717, 1.165) is 18.4 Å². The smallest absolute Gasteiger partial charge is 0.306 e. The normalized spacial score (nSPS) is 25.5. The Kier molecular flexibility index (Phi) is 1.96. The summed E-state index contributed by atoms with van der Waals surface area (Å²) in [5, 5.41) is 8.67. The van der Waals surface area contributed by atoms with Crippen LogP contribution in [-0.2, 0) is 11.2 Å². The Bertz CT molecular complexity index is 313. The summed E-state index contributed by atoms with van der Waals surface area (Å²) in [6.07, 6.45) is 6.54. The Balaban J connectivity index is 1.92. The van der Waals surface area contributed by atoms with Gasteiger partial charge >= 0.3 is 5.97 Å². The van der Waals surface area contributed by atoms with E-state index >= 15 is 0 Å². The van der Waals surface area contributed by atoms with Crippen LogP contribution in [-0.4, -0.2) is 21.0 Å². The van der Waals surface area contributed by atoms with E-state index in [1.165, 1.54) is 6.33 Å². The molecule has 1 aliphatic rings. The second kappa shape index (κ2) is 3.12. The molecule has 68 valence electrons. The Morgan fingerprint density at radius 1 is 1.54 bits per heavy atom. The van der Waals surface area contributed by atoms with Crippen LogP contribution in [0.5, 0.6) is 0 Å². The maximum atomic E-state index is 10.5. The number of rotatable bonds is 3. The second-order valence-corrected chi connectivity index (χ2v) is 3.39. The summed E-state index contributed by atoms with van der Waals surface area (Å²) in [6.45, 7) is 0. The van der Waals surface area contributed by atoms with Gasteiger partial charge in [0.2, 0.25) is 0 Å². The first kappa shape index (κ1) is 8.16. The Morgan fingerprint density at radius 2 is 2.23 bits per heavy atom. The van der Waals surface area contributed by atoms with Gasteiger partial charge in [0.15, 0.2) is 0 Å². The lowest BCUT2D eigenvalue weighted by Crippen LogP contribution is -2.01. The van der Waals surface area contributed by atoms with Crippen LogP contribution in [0.2, 0.25) is 0 Å². The summed E-state index contributed by atoms with van der Waals surface area (Å²) in [7, 11) is 0. The van der Waals surface area contributed by atoms with Crippen molar-refractivity contribution in [2.75, 3.05) is 0 Å². The lowest BCUT2D eigenvalue weighted by atomic mass is 10.1. The Labute approximate surface area is 75.6 Å². The molecular weight excluding hydrogens is 168 g/mol. The zero-order chi connectivity index (χ0) is 9.26. The third-order valence-electron chi connectivity index (χ3n) is 2.35. The summed E-state index contributed by atoms with van der Waals surface area (Å²) in [6, 6.07) is 0. The molecule has 2 rings (SSSR count). The lowest BCUT2D eigenvalue weighted by Gasteiger charge is -1.96. The molecule has 0 radical (unpaired) electrons. The third kappa shape index (κ3) is 1.83. The lowest BCUT2D eigenvalue weighted by molar-refractivity contribution is -0.138. The second-order valence-electron chi connectivity index (χ2n) is 3.39. The number of aliphatic carboxylic acids is 1. The summed E-state index contributed by atoms with van der Waals surface area (Å²) in [5.41, 5.74) is 1.02. The summed E-state index contributed by atoms with van der Waals surface area (Å²) in [5.74, 6) is -0.523. The van der Waals surface area contributed by atoms with E-state index in [4.69, 9.17) is 5.11 Å². The van der Waals surface area contributed by atoms with Gasteiger partial charge in [-0.2, -0.15) is 0 Å². The standard InChI is InChI=1S/C9H10N2O2/c12-9(13)8-2-7(8)1-6-3-10-5-11-4-6/h3-5,7-8H,1-2H2,(H,12,13)/t7-,8-/m1/s1. The number of aromatic nitrogens is 2. The Morgan fingerprint density at radius 3 is 2.77 bits per heavy atom. The monoisotopic (exact) mass is 178 g/mol. The van der Waals surface area contributed by atoms with Gasteiger partial charge in [-0.15, -0.1) is 0 Å². The molecule has 0 aromatic carbocycles. The summed E-state index contributed by atoms with van der Waals surface area (Å²) in [4.78, 5) is 18.3. The molecule has 0 bridgehead atoms. The molecule has 0 spiro atoms. The van der Waals surface area contributed by atoms with E-state index in [9.17, 15) is 4.79 Å². The summed E-state index contributed by atoms with van der Waals surface area (Å²) >= 11 is 0.